The molecule has 5 heterocycles. The van der Waals surface area contributed by atoms with Crippen LogP contribution in [0.1, 0.15) is 48.0 Å². The third-order valence-corrected chi connectivity index (χ3v) is 7.50. The first-order chi connectivity index (χ1) is 16.8. The number of Topliss-reactive ketones (excluding diaryl/α,β-unsaturated/α-hetero) is 1. The van der Waals surface area contributed by atoms with Crippen molar-refractivity contribution in [2.45, 2.75) is 45.1 Å². The van der Waals surface area contributed by atoms with Crippen LogP contribution in [-0.4, -0.2) is 57.2 Å². The Kier molecular flexibility index (Phi) is 6.37. The Balaban J connectivity index is 1.40. The number of carbonyl (C=O) groups is 2. The van der Waals surface area contributed by atoms with Crippen molar-refractivity contribution < 1.29 is 23.8 Å². The van der Waals surface area contributed by atoms with Gasteiger partial charge in [-0.1, -0.05) is 0 Å². The molecule has 0 aliphatic carbocycles. The quantitative estimate of drug-likeness (QED) is 0.525. The maximum absolute atomic E-state index is 13.6. The van der Waals surface area contributed by atoms with E-state index in [4.69, 9.17) is 4.74 Å². The maximum atomic E-state index is 13.6. The molecule has 35 heavy (non-hydrogen) atoms. The molecular formula is C24H25FN4O5S. The SMILES string of the molecule is Cc1cc(N2CC(C(=O)CCC3CCCCO3)C2)nc2c1c(=O)c(C(=O)O)cn2-c1nc(F)cs1. The van der Waals surface area contributed by atoms with Crippen LogP contribution in [-0.2, 0) is 9.53 Å². The van der Waals surface area contributed by atoms with Gasteiger partial charge in [-0.25, -0.2) is 9.78 Å². The average molecular weight is 501 g/mol. The van der Waals surface area contributed by atoms with Crippen LogP contribution >= 0.6 is 11.3 Å². The van der Waals surface area contributed by atoms with Gasteiger partial charge in [-0.3, -0.25) is 14.2 Å². The van der Waals surface area contributed by atoms with Gasteiger partial charge in [-0.05, 0) is 44.2 Å². The first-order valence-electron chi connectivity index (χ1n) is 11.6. The Morgan fingerprint density at radius 3 is 2.74 bits per heavy atom. The van der Waals surface area contributed by atoms with Crippen LogP contribution in [0.3, 0.4) is 0 Å². The van der Waals surface area contributed by atoms with E-state index < -0.39 is 22.9 Å². The molecule has 0 amide bonds. The van der Waals surface area contributed by atoms with Gasteiger partial charge in [0.15, 0.2) is 10.8 Å². The number of thiazole rings is 1. The molecule has 2 aliphatic heterocycles. The van der Waals surface area contributed by atoms with E-state index in [2.05, 4.69) is 9.97 Å². The lowest BCUT2D eigenvalue weighted by Crippen LogP contribution is -2.51. The number of aromatic nitrogens is 3. The van der Waals surface area contributed by atoms with Gasteiger partial charge in [-0.2, -0.15) is 9.37 Å². The monoisotopic (exact) mass is 500 g/mol. The van der Waals surface area contributed by atoms with Gasteiger partial charge in [-0.15, -0.1) is 11.3 Å². The number of pyridine rings is 2. The van der Waals surface area contributed by atoms with E-state index in [1.807, 2.05) is 4.90 Å². The second-order valence-electron chi connectivity index (χ2n) is 9.09. The Bertz CT molecular complexity index is 1360. The molecule has 184 valence electrons. The standard InChI is InChI=1S/C24H25FN4O5S/c1-13-8-19(28-9-14(10-28)17(30)6-5-15-4-2-3-7-34-15)27-22-20(13)21(31)16(23(32)33)11-29(22)24-26-18(25)12-35-24/h8,11-12,14-15H,2-7,9-10H2,1H3,(H,32,33). The molecule has 0 spiro atoms. The Morgan fingerprint density at radius 2 is 2.09 bits per heavy atom. The molecule has 0 saturated carbocycles. The highest BCUT2D eigenvalue weighted by Crippen LogP contribution is 2.30. The number of aryl methyl sites for hydroxylation is 1. The number of halogens is 1. The molecule has 0 bridgehead atoms. The zero-order valence-corrected chi connectivity index (χ0v) is 20.0. The van der Waals surface area contributed by atoms with Crippen molar-refractivity contribution in [1.82, 2.24) is 14.5 Å². The number of carbonyl (C=O) groups excluding carboxylic acids is 1. The van der Waals surface area contributed by atoms with Gasteiger partial charge >= 0.3 is 5.97 Å². The van der Waals surface area contributed by atoms with Gasteiger partial charge in [0.1, 0.15) is 17.2 Å². The van der Waals surface area contributed by atoms with Gasteiger partial charge in [0.2, 0.25) is 11.4 Å². The Hall–Kier alpha value is -3.18. The summed E-state index contributed by atoms with van der Waals surface area (Å²) in [5.74, 6) is -1.38. The lowest BCUT2D eigenvalue weighted by atomic mass is 9.90. The van der Waals surface area contributed by atoms with E-state index in [0.717, 1.165) is 49.8 Å². The van der Waals surface area contributed by atoms with Gasteiger partial charge in [0.05, 0.1) is 17.4 Å². The molecule has 2 saturated heterocycles. The van der Waals surface area contributed by atoms with E-state index in [1.54, 1.807) is 13.0 Å². The fraction of sp³-hybridized carbons (Fsp3) is 0.458. The number of ether oxygens (including phenoxy) is 1. The molecule has 3 aromatic heterocycles. The van der Waals surface area contributed by atoms with Crippen LogP contribution in [0, 0.1) is 18.8 Å². The number of carboxylic acids is 1. The van der Waals surface area contributed by atoms with E-state index in [1.165, 1.54) is 9.95 Å². The van der Waals surface area contributed by atoms with E-state index in [0.29, 0.717) is 30.9 Å². The highest BCUT2D eigenvalue weighted by Gasteiger charge is 2.34. The minimum absolute atomic E-state index is 0.0824. The third-order valence-electron chi connectivity index (χ3n) is 6.69. The van der Waals surface area contributed by atoms with Crippen molar-refractivity contribution in [3.8, 4) is 5.13 Å². The molecule has 11 heteroatoms. The van der Waals surface area contributed by atoms with Crippen molar-refractivity contribution in [3.05, 3.63) is 44.9 Å². The van der Waals surface area contributed by atoms with E-state index in [9.17, 15) is 23.9 Å². The molecule has 2 aliphatic rings. The number of rotatable bonds is 7. The minimum Gasteiger partial charge on any atom is -0.477 e. The Morgan fingerprint density at radius 1 is 1.29 bits per heavy atom. The number of hydrogen-bond donors (Lipinski definition) is 1. The van der Waals surface area contributed by atoms with Crippen LogP contribution in [0.25, 0.3) is 16.2 Å². The number of carboxylic acid groups (broad SMARTS) is 1. The lowest BCUT2D eigenvalue weighted by molar-refractivity contribution is -0.124. The topological polar surface area (TPSA) is 115 Å². The number of aromatic carboxylic acids is 1. The summed E-state index contributed by atoms with van der Waals surface area (Å²) in [6, 6.07) is 1.72. The normalized spacial score (nSPS) is 18.6. The van der Waals surface area contributed by atoms with Crippen molar-refractivity contribution >= 4 is 39.9 Å². The van der Waals surface area contributed by atoms with Crippen LogP contribution < -0.4 is 10.3 Å². The molecule has 5 rings (SSSR count). The van der Waals surface area contributed by atoms with E-state index >= 15 is 0 Å². The Labute approximate surface area is 204 Å². The summed E-state index contributed by atoms with van der Waals surface area (Å²) in [5, 5.41) is 11.0. The number of fused-ring (bicyclic) bond motifs is 1. The number of ketones is 1. The molecule has 2 fully saturated rings. The van der Waals surface area contributed by atoms with Crippen LogP contribution in [0.2, 0.25) is 0 Å². The highest BCUT2D eigenvalue weighted by molar-refractivity contribution is 7.12. The smallest absolute Gasteiger partial charge is 0.341 e. The predicted molar refractivity (Wildman–Crippen MR) is 128 cm³/mol. The molecule has 0 aromatic carbocycles. The van der Waals surface area contributed by atoms with Crippen molar-refractivity contribution in [2.75, 3.05) is 24.6 Å². The fourth-order valence-electron chi connectivity index (χ4n) is 4.71. The van der Waals surface area contributed by atoms with Crippen molar-refractivity contribution in [1.29, 1.82) is 0 Å². The van der Waals surface area contributed by atoms with Crippen LogP contribution in [0.4, 0.5) is 10.2 Å². The summed E-state index contributed by atoms with van der Waals surface area (Å²) in [6.45, 7) is 3.52. The third kappa shape index (κ3) is 4.57. The maximum Gasteiger partial charge on any atom is 0.341 e. The average Bonchev–Trinajstić information content (AvgIpc) is 3.23. The molecule has 1 atom stereocenters. The molecule has 3 aromatic rings. The highest BCUT2D eigenvalue weighted by atomic mass is 32.1. The van der Waals surface area contributed by atoms with Crippen LogP contribution in [0.5, 0.6) is 0 Å². The van der Waals surface area contributed by atoms with Gasteiger partial charge in [0, 0.05) is 37.7 Å². The lowest BCUT2D eigenvalue weighted by Gasteiger charge is -2.39. The predicted octanol–water partition coefficient (Wildman–Crippen LogP) is 3.34. The van der Waals surface area contributed by atoms with Crippen molar-refractivity contribution in [3.63, 3.8) is 0 Å². The summed E-state index contributed by atoms with van der Waals surface area (Å²) in [5.41, 5.74) is -0.345. The van der Waals surface area contributed by atoms with Gasteiger partial charge in [0.25, 0.3) is 0 Å². The summed E-state index contributed by atoms with van der Waals surface area (Å²) in [4.78, 5) is 47.6. The zero-order valence-electron chi connectivity index (χ0n) is 19.2. The first-order valence-corrected chi connectivity index (χ1v) is 12.5. The summed E-state index contributed by atoms with van der Waals surface area (Å²) in [6.07, 6.45) is 5.82. The van der Waals surface area contributed by atoms with Crippen LogP contribution in [0.15, 0.2) is 22.4 Å². The van der Waals surface area contributed by atoms with Gasteiger partial charge < -0.3 is 14.7 Å². The molecular weight excluding hydrogens is 475 g/mol. The second-order valence-corrected chi connectivity index (χ2v) is 9.93. The molecule has 0 radical (unpaired) electrons. The summed E-state index contributed by atoms with van der Waals surface area (Å²) >= 11 is 0.978. The first kappa shape index (κ1) is 23.6. The zero-order chi connectivity index (χ0) is 24.7. The molecule has 1 N–H and O–H groups in total. The number of anilines is 1. The summed E-state index contributed by atoms with van der Waals surface area (Å²) < 4.78 is 20.7. The summed E-state index contributed by atoms with van der Waals surface area (Å²) in [7, 11) is 0. The largest absolute Gasteiger partial charge is 0.477 e. The number of hydrogen-bond acceptors (Lipinski definition) is 8. The number of nitrogens with zero attached hydrogens (tertiary/aromatic N) is 4. The minimum atomic E-state index is -1.38. The van der Waals surface area contributed by atoms with E-state index in [-0.39, 0.29) is 34.0 Å². The molecule has 9 nitrogen and oxygen atoms in total. The van der Waals surface area contributed by atoms with Crippen molar-refractivity contribution in [2.24, 2.45) is 5.92 Å². The second kappa shape index (κ2) is 9.46. The fourth-order valence-corrected chi connectivity index (χ4v) is 5.35. The molecule has 1 unspecified atom stereocenters.